The fourth-order valence-electron chi connectivity index (χ4n) is 1.50. The Balaban J connectivity index is 1.84. The van der Waals surface area contributed by atoms with Gasteiger partial charge in [-0.05, 0) is 22.0 Å². The highest BCUT2D eigenvalue weighted by Crippen LogP contribution is 2.19. The molecule has 2 rings (SSSR count). The number of nitrogens with zero attached hydrogens (tertiary/aromatic N) is 1. The molecule has 1 aromatic heterocycles. The predicted octanol–water partition coefficient (Wildman–Crippen LogP) is 1.24. The summed E-state index contributed by atoms with van der Waals surface area (Å²) in [6.45, 7) is 3.39. The Kier molecular flexibility index (Phi) is 3.94. The van der Waals surface area contributed by atoms with Crippen molar-refractivity contribution < 1.29 is 4.74 Å². The first kappa shape index (κ1) is 10.9. The van der Waals surface area contributed by atoms with E-state index >= 15 is 0 Å². The van der Waals surface area contributed by atoms with Crippen LogP contribution < -0.4 is 10.6 Å². The average molecular weight is 272 g/mol. The normalized spacial score (nSPS) is 21.3. The van der Waals surface area contributed by atoms with E-state index in [0.717, 1.165) is 36.5 Å². The first-order valence-electron chi connectivity index (χ1n) is 5.01. The number of morpholine rings is 1. The summed E-state index contributed by atoms with van der Waals surface area (Å²) in [5.74, 6) is 0. The minimum Gasteiger partial charge on any atom is -0.382 e. The van der Waals surface area contributed by atoms with Gasteiger partial charge in [0, 0.05) is 31.5 Å². The van der Waals surface area contributed by atoms with Crippen LogP contribution in [-0.4, -0.2) is 37.3 Å². The number of aromatic nitrogens is 1. The molecule has 4 nitrogen and oxygen atoms in total. The molecule has 0 aromatic carbocycles. The topological polar surface area (TPSA) is 46.2 Å². The van der Waals surface area contributed by atoms with Gasteiger partial charge in [-0.15, -0.1) is 0 Å². The lowest BCUT2D eigenvalue weighted by atomic mass is 10.2. The lowest BCUT2D eigenvalue weighted by Crippen LogP contribution is -2.45. The second kappa shape index (κ2) is 5.44. The third-order valence-corrected chi connectivity index (χ3v) is 2.94. The SMILES string of the molecule is Brc1cnccc1NCC1COCCN1. The zero-order valence-corrected chi connectivity index (χ0v) is 9.96. The number of rotatable bonds is 3. The number of hydrogen-bond donors (Lipinski definition) is 2. The van der Waals surface area contributed by atoms with Crippen LogP contribution in [0.3, 0.4) is 0 Å². The molecule has 1 aromatic rings. The van der Waals surface area contributed by atoms with Crippen LogP contribution in [0.5, 0.6) is 0 Å². The van der Waals surface area contributed by atoms with E-state index in [1.165, 1.54) is 0 Å². The molecule has 15 heavy (non-hydrogen) atoms. The van der Waals surface area contributed by atoms with Crippen LogP contribution in [0.2, 0.25) is 0 Å². The van der Waals surface area contributed by atoms with Crippen molar-refractivity contribution in [2.75, 3.05) is 31.6 Å². The van der Waals surface area contributed by atoms with Crippen molar-refractivity contribution in [3.05, 3.63) is 22.9 Å². The number of ether oxygens (including phenoxy) is 1. The van der Waals surface area contributed by atoms with Gasteiger partial charge in [0.1, 0.15) is 0 Å². The standard InChI is InChI=1S/C10H14BrN3O/c11-9-6-12-2-1-10(9)14-5-8-7-15-4-3-13-8/h1-2,6,8,13H,3-5,7H2,(H,12,14). The van der Waals surface area contributed by atoms with E-state index in [1.807, 2.05) is 6.07 Å². The van der Waals surface area contributed by atoms with E-state index < -0.39 is 0 Å². The molecular formula is C10H14BrN3O. The third-order valence-electron chi connectivity index (χ3n) is 2.31. The molecule has 0 amide bonds. The maximum atomic E-state index is 5.37. The highest BCUT2D eigenvalue weighted by Gasteiger charge is 2.12. The van der Waals surface area contributed by atoms with Gasteiger partial charge >= 0.3 is 0 Å². The van der Waals surface area contributed by atoms with Crippen molar-refractivity contribution in [3.63, 3.8) is 0 Å². The molecule has 0 aliphatic carbocycles. The van der Waals surface area contributed by atoms with E-state index in [-0.39, 0.29) is 0 Å². The van der Waals surface area contributed by atoms with Crippen LogP contribution >= 0.6 is 15.9 Å². The summed E-state index contributed by atoms with van der Waals surface area (Å²) in [7, 11) is 0. The monoisotopic (exact) mass is 271 g/mol. The summed E-state index contributed by atoms with van der Waals surface area (Å²) in [5, 5.41) is 6.74. The largest absolute Gasteiger partial charge is 0.382 e. The molecule has 0 spiro atoms. The zero-order valence-electron chi connectivity index (χ0n) is 8.37. The second-order valence-electron chi connectivity index (χ2n) is 3.46. The molecule has 1 unspecified atom stereocenters. The maximum Gasteiger partial charge on any atom is 0.0637 e. The first-order valence-corrected chi connectivity index (χ1v) is 5.80. The number of halogens is 1. The van der Waals surface area contributed by atoms with Crippen LogP contribution in [0.15, 0.2) is 22.9 Å². The van der Waals surface area contributed by atoms with Gasteiger partial charge in [-0.3, -0.25) is 4.98 Å². The molecule has 1 saturated heterocycles. The minimum absolute atomic E-state index is 0.388. The van der Waals surface area contributed by atoms with Gasteiger partial charge in [0.2, 0.25) is 0 Å². The summed E-state index contributed by atoms with van der Waals surface area (Å²) in [6, 6.07) is 2.34. The molecule has 0 saturated carbocycles. The Bertz CT molecular complexity index is 315. The van der Waals surface area contributed by atoms with Gasteiger partial charge in [0.15, 0.2) is 0 Å². The summed E-state index contributed by atoms with van der Waals surface area (Å²) in [4.78, 5) is 4.01. The summed E-state index contributed by atoms with van der Waals surface area (Å²) in [6.07, 6.45) is 3.56. The van der Waals surface area contributed by atoms with E-state index in [4.69, 9.17) is 4.74 Å². The summed E-state index contributed by atoms with van der Waals surface area (Å²) < 4.78 is 6.36. The van der Waals surface area contributed by atoms with Gasteiger partial charge in [-0.25, -0.2) is 0 Å². The van der Waals surface area contributed by atoms with Crippen molar-refractivity contribution in [1.82, 2.24) is 10.3 Å². The molecule has 1 fully saturated rings. The van der Waals surface area contributed by atoms with Crippen LogP contribution in [0.1, 0.15) is 0 Å². The molecule has 1 aliphatic rings. The highest BCUT2D eigenvalue weighted by atomic mass is 79.9. The van der Waals surface area contributed by atoms with Gasteiger partial charge in [-0.2, -0.15) is 0 Å². The fourth-order valence-corrected chi connectivity index (χ4v) is 1.89. The number of anilines is 1. The molecular weight excluding hydrogens is 258 g/mol. The van der Waals surface area contributed by atoms with Crippen molar-refractivity contribution >= 4 is 21.6 Å². The molecule has 2 heterocycles. The van der Waals surface area contributed by atoms with Crippen LogP contribution in [0.4, 0.5) is 5.69 Å². The maximum absolute atomic E-state index is 5.37. The second-order valence-corrected chi connectivity index (χ2v) is 4.32. The first-order chi connectivity index (χ1) is 7.36. The molecule has 2 N–H and O–H groups in total. The lowest BCUT2D eigenvalue weighted by molar-refractivity contribution is 0.0806. The van der Waals surface area contributed by atoms with Crippen molar-refractivity contribution in [1.29, 1.82) is 0 Å². The molecule has 0 radical (unpaired) electrons. The molecule has 0 bridgehead atoms. The van der Waals surface area contributed by atoms with Crippen LogP contribution in [0.25, 0.3) is 0 Å². The summed E-state index contributed by atoms with van der Waals surface area (Å²) >= 11 is 3.44. The van der Waals surface area contributed by atoms with Crippen molar-refractivity contribution in [2.24, 2.45) is 0 Å². The van der Waals surface area contributed by atoms with Gasteiger partial charge in [0.05, 0.1) is 23.4 Å². The van der Waals surface area contributed by atoms with Gasteiger partial charge in [0.25, 0.3) is 0 Å². The van der Waals surface area contributed by atoms with Crippen LogP contribution in [-0.2, 0) is 4.74 Å². The van der Waals surface area contributed by atoms with Gasteiger partial charge in [-0.1, -0.05) is 0 Å². The number of nitrogens with one attached hydrogen (secondary N) is 2. The Morgan fingerprint density at radius 2 is 2.60 bits per heavy atom. The van der Waals surface area contributed by atoms with Crippen molar-refractivity contribution in [3.8, 4) is 0 Å². The molecule has 5 heteroatoms. The van der Waals surface area contributed by atoms with E-state index in [1.54, 1.807) is 12.4 Å². The number of pyridine rings is 1. The minimum atomic E-state index is 0.388. The Labute approximate surface area is 97.6 Å². The Hall–Kier alpha value is -0.650. The third kappa shape index (κ3) is 3.15. The highest BCUT2D eigenvalue weighted by molar-refractivity contribution is 9.10. The van der Waals surface area contributed by atoms with Gasteiger partial charge < -0.3 is 15.4 Å². The van der Waals surface area contributed by atoms with E-state index in [2.05, 4.69) is 31.5 Å². The quantitative estimate of drug-likeness (QED) is 0.869. The van der Waals surface area contributed by atoms with E-state index in [9.17, 15) is 0 Å². The van der Waals surface area contributed by atoms with E-state index in [0.29, 0.717) is 6.04 Å². The lowest BCUT2D eigenvalue weighted by Gasteiger charge is -2.24. The molecule has 1 aliphatic heterocycles. The number of hydrogen-bond acceptors (Lipinski definition) is 4. The average Bonchev–Trinajstić information content (AvgIpc) is 2.29. The Morgan fingerprint density at radius 3 is 3.33 bits per heavy atom. The zero-order chi connectivity index (χ0) is 10.5. The Morgan fingerprint density at radius 1 is 1.67 bits per heavy atom. The molecule has 1 atom stereocenters. The fraction of sp³-hybridized carbons (Fsp3) is 0.500. The molecule has 82 valence electrons. The van der Waals surface area contributed by atoms with Crippen LogP contribution in [0, 0.1) is 0 Å². The van der Waals surface area contributed by atoms with Crippen molar-refractivity contribution in [2.45, 2.75) is 6.04 Å². The predicted molar refractivity (Wildman–Crippen MR) is 63.0 cm³/mol. The summed E-state index contributed by atoms with van der Waals surface area (Å²) in [5.41, 5.74) is 1.07. The smallest absolute Gasteiger partial charge is 0.0637 e.